The number of nitrogens with zero attached hydrogens (tertiary/aromatic N) is 1. The molecule has 0 radical (unpaired) electrons. The Bertz CT molecular complexity index is 436. The molecule has 1 unspecified atom stereocenters. The van der Waals surface area contributed by atoms with Gasteiger partial charge in [0.25, 0.3) is 0 Å². The molecule has 0 aliphatic heterocycles. The molecule has 19 heavy (non-hydrogen) atoms. The quantitative estimate of drug-likeness (QED) is 0.732. The number of hydrogen-bond donors (Lipinski definition) is 3. The van der Waals surface area contributed by atoms with Crippen molar-refractivity contribution in [3.05, 3.63) is 29.6 Å². The van der Waals surface area contributed by atoms with Gasteiger partial charge in [-0.25, -0.2) is 14.6 Å². The Morgan fingerprint density at radius 3 is 2.68 bits per heavy atom. The first-order valence-electron chi connectivity index (χ1n) is 5.75. The molecule has 0 aromatic carbocycles. The standard InChI is InChI=1S/C12H17N3O3S/c1-8(19-2)5-14-12(18)15-7-9-3-4-10(11(16)17)13-6-9/h3-4,6,8H,5,7H2,1-2H3,(H,16,17)(H2,14,15,18). The number of aromatic carboxylic acids is 1. The van der Waals surface area contributed by atoms with E-state index in [0.29, 0.717) is 18.3 Å². The molecule has 104 valence electrons. The maximum atomic E-state index is 11.5. The lowest BCUT2D eigenvalue weighted by atomic mass is 10.2. The van der Waals surface area contributed by atoms with Gasteiger partial charge >= 0.3 is 12.0 Å². The average Bonchev–Trinajstić information content (AvgIpc) is 2.42. The van der Waals surface area contributed by atoms with Crippen LogP contribution in [0, 0.1) is 0 Å². The van der Waals surface area contributed by atoms with Crippen LogP contribution in [0.25, 0.3) is 0 Å². The van der Waals surface area contributed by atoms with Gasteiger partial charge in [-0.05, 0) is 17.9 Å². The highest BCUT2D eigenvalue weighted by molar-refractivity contribution is 7.99. The fourth-order valence-electron chi connectivity index (χ4n) is 1.22. The molecule has 3 N–H and O–H groups in total. The Labute approximate surface area is 116 Å². The summed E-state index contributed by atoms with van der Waals surface area (Å²) in [5.74, 6) is -1.07. The van der Waals surface area contributed by atoms with E-state index >= 15 is 0 Å². The summed E-state index contributed by atoms with van der Waals surface area (Å²) in [6, 6.07) is 2.79. The third kappa shape index (κ3) is 5.60. The number of carbonyl (C=O) groups is 2. The zero-order valence-electron chi connectivity index (χ0n) is 10.8. The van der Waals surface area contributed by atoms with Crippen molar-refractivity contribution in [3.8, 4) is 0 Å². The molecule has 0 spiro atoms. The highest BCUT2D eigenvalue weighted by atomic mass is 32.2. The molecule has 7 heteroatoms. The van der Waals surface area contributed by atoms with Gasteiger partial charge in [0.2, 0.25) is 0 Å². The monoisotopic (exact) mass is 283 g/mol. The number of thioether (sulfide) groups is 1. The second-order valence-corrected chi connectivity index (χ2v) is 5.24. The lowest BCUT2D eigenvalue weighted by molar-refractivity contribution is 0.0690. The first kappa shape index (κ1) is 15.3. The number of amides is 2. The SMILES string of the molecule is CSC(C)CNC(=O)NCc1ccc(C(=O)O)nc1. The van der Waals surface area contributed by atoms with Crippen LogP contribution >= 0.6 is 11.8 Å². The molecule has 2 amide bonds. The summed E-state index contributed by atoms with van der Waals surface area (Å²) >= 11 is 1.68. The second-order valence-electron chi connectivity index (χ2n) is 3.97. The zero-order chi connectivity index (χ0) is 14.3. The van der Waals surface area contributed by atoms with E-state index in [4.69, 9.17) is 5.11 Å². The van der Waals surface area contributed by atoms with Gasteiger partial charge in [-0.3, -0.25) is 0 Å². The van der Waals surface area contributed by atoms with E-state index in [9.17, 15) is 9.59 Å². The van der Waals surface area contributed by atoms with Crippen LogP contribution in [0.1, 0.15) is 23.0 Å². The van der Waals surface area contributed by atoms with Gasteiger partial charge in [-0.15, -0.1) is 0 Å². The smallest absolute Gasteiger partial charge is 0.354 e. The van der Waals surface area contributed by atoms with E-state index in [1.165, 1.54) is 12.3 Å². The minimum atomic E-state index is -1.07. The van der Waals surface area contributed by atoms with E-state index in [-0.39, 0.29) is 11.7 Å². The van der Waals surface area contributed by atoms with Gasteiger partial charge in [0.15, 0.2) is 0 Å². The number of carboxylic acids is 1. The van der Waals surface area contributed by atoms with Gasteiger partial charge in [0.05, 0.1) is 0 Å². The molecule has 0 fully saturated rings. The number of nitrogens with one attached hydrogen (secondary N) is 2. The molecule has 1 aromatic rings. The van der Waals surface area contributed by atoms with Crippen LogP contribution in [-0.2, 0) is 6.54 Å². The number of carbonyl (C=O) groups excluding carboxylic acids is 1. The minimum Gasteiger partial charge on any atom is -0.477 e. The lowest BCUT2D eigenvalue weighted by Crippen LogP contribution is -2.38. The molecule has 1 heterocycles. The Morgan fingerprint density at radius 2 is 2.16 bits per heavy atom. The molecule has 0 bridgehead atoms. The van der Waals surface area contributed by atoms with E-state index < -0.39 is 5.97 Å². The average molecular weight is 283 g/mol. The number of pyridine rings is 1. The molecule has 1 atom stereocenters. The molecular weight excluding hydrogens is 266 g/mol. The van der Waals surface area contributed by atoms with Crippen molar-refractivity contribution in [2.24, 2.45) is 0 Å². The largest absolute Gasteiger partial charge is 0.477 e. The fraction of sp³-hybridized carbons (Fsp3) is 0.417. The Hall–Kier alpha value is -1.76. The van der Waals surface area contributed by atoms with Crippen molar-refractivity contribution in [3.63, 3.8) is 0 Å². The van der Waals surface area contributed by atoms with E-state index in [1.54, 1.807) is 17.8 Å². The molecule has 0 saturated carbocycles. The maximum absolute atomic E-state index is 11.5. The summed E-state index contributed by atoms with van der Waals surface area (Å²) < 4.78 is 0. The van der Waals surface area contributed by atoms with Crippen LogP contribution in [0.5, 0.6) is 0 Å². The first-order chi connectivity index (χ1) is 9.02. The predicted octanol–water partition coefficient (Wildman–Crippen LogP) is 1.33. The number of rotatable bonds is 6. The minimum absolute atomic E-state index is 0.0120. The molecule has 0 saturated heterocycles. The highest BCUT2D eigenvalue weighted by Gasteiger charge is 2.05. The third-order valence-electron chi connectivity index (χ3n) is 2.45. The van der Waals surface area contributed by atoms with Crippen molar-refractivity contribution in [1.82, 2.24) is 15.6 Å². The van der Waals surface area contributed by atoms with Crippen molar-refractivity contribution in [2.75, 3.05) is 12.8 Å². The summed E-state index contributed by atoms with van der Waals surface area (Å²) in [6.07, 6.45) is 3.42. The Morgan fingerprint density at radius 1 is 1.42 bits per heavy atom. The van der Waals surface area contributed by atoms with Gasteiger partial charge in [0.1, 0.15) is 5.69 Å². The van der Waals surface area contributed by atoms with Crippen LogP contribution in [0.4, 0.5) is 4.79 Å². The predicted molar refractivity (Wildman–Crippen MR) is 74.4 cm³/mol. The Balaban J connectivity index is 2.35. The topological polar surface area (TPSA) is 91.3 Å². The second kappa shape index (κ2) is 7.63. The molecule has 0 aliphatic carbocycles. The van der Waals surface area contributed by atoms with E-state index in [1.807, 2.05) is 13.2 Å². The molecule has 6 nitrogen and oxygen atoms in total. The summed E-state index contributed by atoms with van der Waals surface area (Å²) in [5, 5.41) is 14.5. The van der Waals surface area contributed by atoms with Crippen LogP contribution < -0.4 is 10.6 Å². The zero-order valence-corrected chi connectivity index (χ0v) is 11.7. The summed E-state index contributed by atoms with van der Waals surface area (Å²) in [5.41, 5.74) is 0.736. The lowest BCUT2D eigenvalue weighted by Gasteiger charge is -2.11. The van der Waals surface area contributed by atoms with Gasteiger partial charge in [-0.2, -0.15) is 11.8 Å². The normalized spacial score (nSPS) is 11.7. The Kier molecular flexibility index (Phi) is 6.14. The van der Waals surface area contributed by atoms with Gasteiger partial charge < -0.3 is 15.7 Å². The number of carboxylic acid groups (broad SMARTS) is 1. The molecule has 1 rings (SSSR count). The molecule has 0 aliphatic rings. The number of urea groups is 1. The van der Waals surface area contributed by atoms with Crippen LogP contribution in [0.3, 0.4) is 0 Å². The number of aromatic nitrogens is 1. The summed E-state index contributed by atoms with van der Waals surface area (Å²) in [4.78, 5) is 25.8. The van der Waals surface area contributed by atoms with Crippen molar-refractivity contribution >= 4 is 23.8 Å². The highest BCUT2D eigenvalue weighted by Crippen LogP contribution is 2.02. The van der Waals surface area contributed by atoms with Gasteiger partial charge in [-0.1, -0.05) is 13.0 Å². The van der Waals surface area contributed by atoms with Crippen LogP contribution in [-0.4, -0.2) is 40.1 Å². The van der Waals surface area contributed by atoms with Crippen molar-refractivity contribution in [2.45, 2.75) is 18.7 Å². The fourth-order valence-corrected chi connectivity index (χ4v) is 1.47. The summed E-state index contributed by atoms with van der Waals surface area (Å²) in [6.45, 7) is 2.94. The first-order valence-corrected chi connectivity index (χ1v) is 7.04. The third-order valence-corrected chi connectivity index (χ3v) is 3.42. The maximum Gasteiger partial charge on any atom is 0.354 e. The van der Waals surface area contributed by atoms with Crippen LogP contribution in [0.15, 0.2) is 18.3 Å². The van der Waals surface area contributed by atoms with Crippen molar-refractivity contribution in [1.29, 1.82) is 0 Å². The van der Waals surface area contributed by atoms with Crippen LogP contribution in [0.2, 0.25) is 0 Å². The molecular formula is C12H17N3O3S. The van der Waals surface area contributed by atoms with E-state index in [2.05, 4.69) is 15.6 Å². The van der Waals surface area contributed by atoms with Crippen molar-refractivity contribution < 1.29 is 14.7 Å². The number of hydrogen-bond acceptors (Lipinski definition) is 4. The van der Waals surface area contributed by atoms with E-state index in [0.717, 1.165) is 5.56 Å². The summed E-state index contributed by atoms with van der Waals surface area (Å²) in [7, 11) is 0. The van der Waals surface area contributed by atoms with Gasteiger partial charge in [0, 0.05) is 24.5 Å². The molecule has 1 aromatic heterocycles.